The number of aromatic nitrogens is 3. The lowest BCUT2D eigenvalue weighted by atomic mass is 10.2. The number of hydrogen-bond donors (Lipinski definition) is 4. The Hall–Kier alpha value is -2.26. The first-order valence-electron chi connectivity index (χ1n) is 7.98. The number of thiazole rings is 1. The lowest BCUT2D eigenvalue weighted by molar-refractivity contribution is 0.0931. The van der Waals surface area contributed by atoms with E-state index in [1.54, 1.807) is 36.7 Å². The molecule has 136 valence electrons. The zero-order chi connectivity index (χ0) is 18.5. The molecule has 0 saturated carbocycles. The number of rotatable bonds is 7. The van der Waals surface area contributed by atoms with E-state index in [9.17, 15) is 4.79 Å². The van der Waals surface area contributed by atoms with Crippen LogP contribution in [0.1, 0.15) is 32.8 Å². The smallest absolute Gasteiger partial charge is 0.268 e. The Morgan fingerprint density at radius 1 is 1.31 bits per heavy atom. The summed E-state index contributed by atoms with van der Waals surface area (Å²) in [6, 6.07) is 6.75. The molecular weight excluding hydrogens is 374 g/mol. The van der Waals surface area contributed by atoms with Gasteiger partial charge in [-0.25, -0.2) is 4.98 Å². The molecular formula is C17H18ClN5O2S. The molecule has 7 nitrogen and oxygen atoms in total. The van der Waals surface area contributed by atoms with Gasteiger partial charge >= 0.3 is 0 Å². The Morgan fingerprint density at radius 3 is 2.81 bits per heavy atom. The van der Waals surface area contributed by atoms with Crippen LogP contribution in [0, 0.1) is 0 Å². The molecule has 3 aromatic heterocycles. The second-order valence-electron chi connectivity index (χ2n) is 5.57. The predicted octanol–water partition coefficient (Wildman–Crippen LogP) is 2.50. The Labute approximate surface area is 159 Å². The molecule has 0 spiro atoms. The third-order valence-electron chi connectivity index (χ3n) is 3.74. The van der Waals surface area contributed by atoms with Crippen LogP contribution in [0.4, 0.5) is 0 Å². The minimum absolute atomic E-state index is 0.123. The Balaban J connectivity index is 1.74. The SMILES string of the molecule is NCCC(NC(=O)c1ccc(-c2ccc(Cl)cn2)[nH]1)c1cnc(CO)s1. The van der Waals surface area contributed by atoms with Crippen LogP contribution >= 0.6 is 22.9 Å². The molecule has 3 aromatic rings. The summed E-state index contributed by atoms with van der Waals surface area (Å²) in [6.45, 7) is 0.296. The highest BCUT2D eigenvalue weighted by molar-refractivity contribution is 7.11. The van der Waals surface area contributed by atoms with Gasteiger partial charge in [0.05, 0.1) is 29.1 Å². The van der Waals surface area contributed by atoms with Crippen LogP contribution in [0.25, 0.3) is 11.4 Å². The number of carbonyl (C=O) groups is 1. The van der Waals surface area contributed by atoms with Gasteiger partial charge in [-0.3, -0.25) is 9.78 Å². The van der Waals surface area contributed by atoms with Crippen LogP contribution in [0.2, 0.25) is 5.02 Å². The fourth-order valence-electron chi connectivity index (χ4n) is 2.46. The molecule has 0 bridgehead atoms. The fourth-order valence-corrected chi connectivity index (χ4v) is 3.44. The van der Waals surface area contributed by atoms with E-state index in [4.69, 9.17) is 22.4 Å². The van der Waals surface area contributed by atoms with E-state index in [0.717, 1.165) is 10.6 Å². The van der Waals surface area contributed by atoms with Gasteiger partial charge in [-0.15, -0.1) is 11.3 Å². The van der Waals surface area contributed by atoms with E-state index >= 15 is 0 Å². The normalized spacial score (nSPS) is 12.1. The molecule has 0 fully saturated rings. The predicted molar refractivity (Wildman–Crippen MR) is 101 cm³/mol. The van der Waals surface area contributed by atoms with E-state index in [0.29, 0.717) is 34.4 Å². The quantitative estimate of drug-likeness (QED) is 0.493. The first-order valence-corrected chi connectivity index (χ1v) is 9.17. The molecule has 3 heterocycles. The first kappa shape index (κ1) is 18.5. The van der Waals surface area contributed by atoms with Crippen molar-refractivity contribution in [1.82, 2.24) is 20.3 Å². The number of nitrogens with one attached hydrogen (secondary N) is 2. The van der Waals surface area contributed by atoms with Crippen molar-refractivity contribution in [2.24, 2.45) is 5.73 Å². The first-order chi connectivity index (χ1) is 12.6. The largest absolute Gasteiger partial charge is 0.389 e. The number of nitrogens with two attached hydrogens (primary N) is 1. The van der Waals surface area contributed by atoms with E-state index in [1.807, 2.05) is 0 Å². The van der Waals surface area contributed by atoms with Crippen molar-refractivity contribution in [3.05, 3.63) is 57.3 Å². The van der Waals surface area contributed by atoms with Crippen LogP contribution in [0.15, 0.2) is 36.7 Å². The molecule has 26 heavy (non-hydrogen) atoms. The number of aliphatic hydroxyl groups is 1. The number of carbonyl (C=O) groups excluding carboxylic acids is 1. The minimum Gasteiger partial charge on any atom is -0.389 e. The van der Waals surface area contributed by atoms with E-state index < -0.39 is 0 Å². The number of aromatic amines is 1. The molecule has 0 aliphatic heterocycles. The maximum atomic E-state index is 12.6. The van der Waals surface area contributed by atoms with Crippen LogP contribution in [0.5, 0.6) is 0 Å². The minimum atomic E-state index is -0.259. The van der Waals surface area contributed by atoms with Gasteiger partial charge in [0.15, 0.2) is 0 Å². The Bertz CT molecular complexity index is 877. The van der Waals surface area contributed by atoms with Gasteiger partial charge in [0.1, 0.15) is 10.7 Å². The summed E-state index contributed by atoms with van der Waals surface area (Å²) in [6.07, 6.45) is 3.79. The highest BCUT2D eigenvalue weighted by atomic mass is 35.5. The second-order valence-corrected chi connectivity index (χ2v) is 7.15. The van der Waals surface area contributed by atoms with Crippen LogP contribution in [0.3, 0.4) is 0 Å². The monoisotopic (exact) mass is 391 g/mol. The average Bonchev–Trinajstić information content (AvgIpc) is 3.31. The molecule has 0 radical (unpaired) electrons. The van der Waals surface area contributed by atoms with Crippen molar-refractivity contribution in [1.29, 1.82) is 0 Å². The van der Waals surface area contributed by atoms with Gasteiger partial charge in [0.25, 0.3) is 5.91 Å². The van der Waals surface area contributed by atoms with Gasteiger partial charge in [-0.2, -0.15) is 0 Å². The van der Waals surface area contributed by atoms with Crippen molar-refractivity contribution in [2.75, 3.05) is 6.54 Å². The van der Waals surface area contributed by atoms with Gasteiger partial charge < -0.3 is 21.1 Å². The number of nitrogens with zero attached hydrogens (tertiary/aromatic N) is 2. The third kappa shape index (κ3) is 4.28. The van der Waals surface area contributed by atoms with Crippen molar-refractivity contribution in [2.45, 2.75) is 19.1 Å². The standard InChI is InChI=1S/C17H18ClN5O2S/c18-10-1-2-11(20-7-10)12-3-4-14(22-12)17(25)23-13(5-6-19)15-8-21-16(9-24)26-15/h1-4,7-8,13,22,24H,5-6,9,19H2,(H,23,25). The number of amides is 1. The molecule has 1 unspecified atom stereocenters. The summed E-state index contributed by atoms with van der Waals surface area (Å²) in [7, 11) is 0. The Morgan fingerprint density at radius 2 is 2.15 bits per heavy atom. The zero-order valence-corrected chi connectivity index (χ0v) is 15.3. The van der Waals surface area contributed by atoms with E-state index in [-0.39, 0.29) is 18.6 Å². The molecule has 0 aromatic carbocycles. The maximum Gasteiger partial charge on any atom is 0.268 e. The van der Waals surface area contributed by atoms with Crippen molar-refractivity contribution >= 4 is 28.8 Å². The molecule has 1 atom stereocenters. The molecule has 0 aliphatic rings. The van der Waals surface area contributed by atoms with Gasteiger partial charge in [-0.1, -0.05) is 11.6 Å². The van der Waals surface area contributed by atoms with Gasteiger partial charge in [0, 0.05) is 17.3 Å². The summed E-state index contributed by atoms with van der Waals surface area (Å²) in [5.41, 5.74) is 7.51. The summed E-state index contributed by atoms with van der Waals surface area (Å²) in [4.78, 5) is 24.9. The highest BCUT2D eigenvalue weighted by Crippen LogP contribution is 2.24. The Kier molecular flexibility index (Phi) is 6.00. The molecule has 1 amide bonds. The maximum absolute atomic E-state index is 12.6. The summed E-state index contributed by atoms with van der Waals surface area (Å²) >= 11 is 7.20. The number of hydrogen-bond acceptors (Lipinski definition) is 6. The third-order valence-corrected chi connectivity index (χ3v) is 5.06. The second kappa shape index (κ2) is 8.41. The topological polar surface area (TPSA) is 117 Å². The molecule has 0 aliphatic carbocycles. The van der Waals surface area contributed by atoms with Crippen LogP contribution in [-0.4, -0.2) is 32.5 Å². The van der Waals surface area contributed by atoms with Gasteiger partial charge in [0.2, 0.25) is 0 Å². The van der Waals surface area contributed by atoms with Crippen molar-refractivity contribution in [3.63, 3.8) is 0 Å². The number of halogens is 1. The molecule has 9 heteroatoms. The summed E-state index contributed by atoms with van der Waals surface area (Å²) < 4.78 is 0. The van der Waals surface area contributed by atoms with Crippen LogP contribution < -0.4 is 11.1 Å². The van der Waals surface area contributed by atoms with E-state index in [1.165, 1.54) is 11.3 Å². The molecule has 3 rings (SSSR count). The fraction of sp³-hybridized carbons (Fsp3) is 0.235. The summed E-state index contributed by atoms with van der Waals surface area (Å²) in [5, 5.41) is 13.3. The number of H-pyrrole nitrogens is 1. The van der Waals surface area contributed by atoms with Gasteiger partial charge in [-0.05, 0) is 37.2 Å². The molecule has 0 saturated heterocycles. The lowest BCUT2D eigenvalue weighted by Crippen LogP contribution is -2.29. The highest BCUT2D eigenvalue weighted by Gasteiger charge is 2.19. The zero-order valence-electron chi connectivity index (χ0n) is 13.8. The van der Waals surface area contributed by atoms with E-state index in [2.05, 4.69) is 20.3 Å². The van der Waals surface area contributed by atoms with Crippen molar-refractivity contribution < 1.29 is 9.90 Å². The van der Waals surface area contributed by atoms with Crippen molar-refractivity contribution in [3.8, 4) is 11.4 Å². The summed E-state index contributed by atoms with van der Waals surface area (Å²) in [5.74, 6) is -0.248. The number of pyridine rings is 1. The van der Waals surface area contributed by atoms with Crippen LogP contribution in [-0.2, 0) is 6.61 Å². The number of aliphatic hydroxyl groups excluding tert-OH is 1. The lowest BCUT2D eigenvalue weighted by Gasteiger charge is -2.15. The average molecular weight is 392 g/mol. The molecule has 5 N–H and O–H groups in total.